The van der Waals surface area contributed by atoms with Crippen molar-refractivity contribution in [2.75, 3.05) is 18.1 Å². The first kappa shape index (κ1) is 13.5. The predicted molar refractivity (Wildman–Crippen MR) is 74.8 cm³/mol. The molecule has 4 fully saturated rings. The molecule has 0 aromatic heterocycles. The molecule has 4 aliphatic rings. The molecule has 6 nitrogen and oxygen atoms in total. The second-order valence-electron chi connectivity index (χ2n) is 6.48. The Balaban J connectivity index is 1.41. The number of hydrogen-bond acceptors (Lipinski definition) is 4. The summed E-state index contributed by atoms with van der Waals surface area (Å²) in [7, 11) is -6.31. The van der Waals surface area contributed by atoms with Crippen molar-refractivity contribution >= 4 is 19.9 Å². The largest absolute Gasteiger partial charge is 0.374 e. The Labute approximate surface area is 120 Å². The van der Waals surface area contributed by atoms with Crippen LogP contribution in [0.3, 0.4) is 0 Å². The predicted octanol–water partition coefficient (Wildman–Crippen LogP) is 0.506. The highest BCUT2D eigenvalue weighted by Gasteiger charge is 2.62. The van der Waals surface area contributed by atoms with E-state index in [1.165, 1.54) is 6.42 Å². The lowest BCUT2D eigenvalue weighted by atomic mass is 9.89. The van der Waals surface area contributed by atoms with Crippen molar-refractivity contribution in [1.29, 1.82) is 0 Å². The normalized spacial score (nSPS) is 44.5. The number of fused-ring (bicyclic) bond motifs is 5. The van der Waals surface area contributed by atoms with Crippen molar-refractivity contribution in [2.24, 2.45) is 21.5 Å². The highest BCUT2D eigenvalue weighted by molar-refractivity contribution is 8.02. The summed E-state index contributed by atoms with van der Waals surface area (Å²) >= 11 is 0. The van der Waals surface area contributed by atoms with Gasteiger partial charge in [-0.05, 0) is 37.5 Å². The summed E-state index contributed by atoms with van der Waals surface area (Å²) in [6.45, 7) is 0.367. The van der Waals surface area contributed by atoms with Gasteiger partial charge >= 0.3 is 10.2 Å². The van der Waals surface area contributed by atoms with Crippen LogP contribution in [0.1, 0.15) is 25.7 Å². The van der Waals surface area contributed by atoms with E-state index >= 15 is 0 Å². The fourth-order valence-corrected chi connectivity index (χ4v) is 8.19. The lowest BCUT2D eigenvalue weighted by Crippen LogP contribution is -2.34. The zero-order valence-corrected chi connectivity index (χ0v) is 12.9. The molecule has 0 aromatic carbocycles. The molecule has 0 aromatic rings. The molecule has 2 bridgehead atoms. The average molecular weight is 320 g/mol. The van der Waals surface area contributed by atoms with Crippen LogP contribution in [0.2, 0.25) is 0 Å². The number of ether oxygens (including phenoxy) is 1. The van der Waals surface area contributed by atoms with Crippen molar-refractivity contribution in [3.8, 4) is 0 Å². The van der Waals surface area contributed by atoms with Crippen LogP contribution in [0.25, 0.3) is 0 Å². The van der Waals surface area contributed by atoms with Gasteiger partial charge in [-0.15, -0.1) is 0 Å². The molecule has 1 N–H and O–H groups in total. The molecule has 0 spiro atoms. The second-order valence-corrected chi connectivity index (χ2v) is 10.7. The molecular formula is C12H20N2O4S2. The standard InChI is InChI=1S/C12H20N2O4S2/c15-19(3-1-2-4-19)14-20(16,17)13-7-8-5-11-9-6-10(9)12(8)18-11/h8-13H,1-7H2/t8-,9+,10-,11-,12+/m0/s1. The van der Waals surface area contributed by atoms with E-state index in [9.17, 15) is 12.6 Å². The van der Waals surface area contributed by atoms with Crippen molar-refractivity contribution < 1.29 is 17.4 Å². The lowest BCUT2D eigenvalue weighted by molar-refractivity contribution is 0.0617. The first-order valence-electron chi connectivity index (χ1n) is 7.35. The van der Waals surface area contributed by atoms with Gasteiger partial charge < -0.3 is 4.74 Å². The molecular weight excluding hydrogens is 300 g/mol. The van der Waals surface area contributed by atoms with Gasteiger partial charge in [-0.2, -0.15) is 13.1 Å². The summed E-state index contributed by atoms with van der Waals surface area (Å²) in [5.41, 5.74) is 0. The Hall–Kier alpha value is -0.180. The third-order valence-corrected chi connectivity index (χ3v) is 9.32. The van der Waals surface area contributed by atoms with Crippen molar-refractivity contribution in [3.05, 3.63) is 0 Å². The maximum absolute atomic E-state index is 12.2. The first-order chi connectivity index (χ1) is 9.46. The van der Waals surface area contributed by atoms with Crippen LogP contribution in [0.4, 0.5) is 0 Å². The average Bonchev–Trinajstić information content (AvgIpc) is 2.74. The molecule has 8 heteroatoms. The van der Waals surface area contributed by atoms with Crippen LogP contribution in [0, 0.1) is 17.8 Å². The van der Waals surface area contributed by atoms with Gasteiger partial charge in [0.05, 0.1) is 21.9 Å². The van der Waals surface area contributed by atoms with Gasteiger partial charge in [0.2, 0.25) is 0 Å². The summed E-state index contributed by atoms with van der Waals surface area (Å²) in [6.07, 6.45) is 4.39. The SMILES string of the molecule is O=S(=O)(N=S1(=O)CCCC1)NC[C@@H]1C[C@@H]2O[C@H]1[C@H]1C[C@H]12. The number of hydrogen-bond donors (Lipinski definition) is 1. The molecule has 0 amide bonds. The second kappa shape index (κ2) is 4.41. The van der Waals surface area contributed by atoms with Gasteiger partial charge in [0.15, 0.2) is 0 Å². The monoisotopic (exact) mass is 320 g/mol. The van der Waals surface area contributed by atoms with E-state index in [0.29, 0.717) is 30.1 Å². The van der Waals surface area contributed by atoms with E-state index in [2.05, 4.69) is 8.49 Å². The van der Waals surface area contributed by atoms with Crippen molar-refractivity contribution in [3.63, 3.8) is 0 Å². The van der Waals surface area contributed by atoms with Crippen LogP contribution in [-0.4, -0.2) is 42.9 Å². The summed E-state index contributed by atoms with van der Waals surface area (Å²) < 4.78 is 48.1. The van der Waals surface area contributed by atoms with Gasteiger partial charge in [0.1, 0.15) is 0 Å². The first-order valence-corrected chi connectivity index (χ1v) is 10.6. The molecule has 4 rings (SSSR count). The molecule has 1 aliphatic carbocycles. The maximum atomic E-state index is 12.2. The number of rotatable bonds is 4. The molecule has 5 atom stereocenters. The Morgan fingerprint density at radius 2 is 1.95 bits per heavy atom. The topological polar surface area (TPSA) is 84.8 Å². The van der Waals surface area contributed by atoms with E-state index < -0.39 is 19.9 Å². The number of nitrogens with zero attached hydrogens (tertiary/aromatic N) is 1. The van der Waals surface area contributed by atoms with Crippen LogP contribution >= 0.6 is 0 Å². The van der Waals surface area contributed by atoms with Gasteiger partial charge in [-0.25, -0.2) is 4.21 Å². The molecule has 3 heterocycles. The summed E-state index contributed by atoms with van der Waals surface area (Å²) in [4.78, 5) is 0. The van der Waals surface area contributed by atoms with Crippen LogP contribution in [0.15, 0.2) is 3.77 Å². The quantitative estimate of drug-likeness (QED) is 0.818. The Kier molecular flexibility index (Phi) is 2.97. The molecule has 114 valence electrons. The summed E-state index contributed by atoms with van der Waals surface area (Å²) in [5, 5.41) is 0. The highest BCUT2D eigenvalue weighted by atomic mass is 32.3. The lowest BCUT2D eigenvalue weighted by Gasteiger charge is -2.18. The summed E-state index contributed by atoms with van der Waals surface area (Å²) in [5.74, 6) is 2.48. The van der Waals surface area contributed by atoms with Crippen molar-refractivity contribution in [1.82, 2.24) is 4.72 Å². The minimum atomic E-state index is -3.79. The Morgan fingerprint density at radius 1 is 1.20 bits per heavy atom. The smallest absolute Gasteiger partial charge is 0.327 e. The number of nitrogens with one attached hydrogen (secondary N) is 1. The molecule has 20 heavy (non-hydrogen) atoms. The fourth-order valence-electron chi connectivity index (χ4n) is 4.02. The molecule has 3 aliphatic heterocycles. The maximum Gasteiger partial charge on any atom is 0.327 e. The third-order valence-electron chi connectivity index (χ3n) is 5.06. The van der Waals surface area contributed by atoms with Gasteiger partial charge in [-0.3, -0.25) is 0 Å². The van der Waals surface area contributed by atoms with E-state index in [0.717, 1.165) is 25.2 Å². The van der Waals surface area contributed by atoms with E-state index in [-0.39, 0.29) is 12.0 Å². The zero-order chi connectivity index (χ0) is 14.0. The van der Waals surface area contributed by atoms with E-state index in [1.54, 1.807) is 0 Å². The molecule has 1 saturated carbocycles. The Bertz CT molecular complexity index is 626. The minimum Gasteiger partial charge on any atom is -0.374 e. The van der Waals surface area contributed by atoms with Crippen LogP contribution < -0.4 is 4.72 Å². The molecule has 0 unspecified atom stereocenters. The Morgan fingerprint density at radius 3 is 2.60 bits per heavy atom. The van der Waals surface area contributed by atoms with Crippen LogP contribution in [-0.2, 0) is 24.7 Å². The highest BCUT2D eigenvalue weighted by Crippen LogP contribution is 2.60. The minimum absolute atomic E-state index is 0.229. The van der Waals surface area contributed by atoms with E-state index in [4.69, 9.17) is 4.74 Å². The molecule has 3 saturated heterocycles. The van der Waals surface area contributed by atoms with Crippen LogP contribution in [0.5, 0.6) is 0 Å². The zero-order valence-electron chi connectivity index (χ0n) is 11.2. The summed E-state index contributed by atoms with van der Waals surface area (Å²) in [6, 6.07) is 0. The van der Waals surface area contributed by atoms with Crippen molar-refractivity contribution in [2.45, 2.75) is 37.9 Å². The van der Waals surface area contributed by atoms with Gasteiger partial charge in [0.25, 0.3) is 0 Å². The van der Waals surface area contributed by atoms with Gasteiger partial charge in [-0.1, -0.05) is 3.77 Å². The molecule has 0 radical (unpaired) electrons. The van der Waals surface area contributed by atoms with E-state index in [1.807, 2.05) is 0 Å². The third kappa shape index (κ3) is 2.30. The fraction of sp³-hybridized carbons (Fsp3) is 1.00. The van der Waals surface area contributed by atoms with Gasteiger partial charge in [0, 0.05) is 24.0 Å².